The van der Waals surface area contributed by atoms with Crippen molar-refractivity contribution in [2.24, 2.45) is 7.05 Å². The van der Waals surface area contributed by atoms with Crippen LogP contribution in [0.25, 0.3) is 11.4 Å². The van der Waals surface area contributed by atoms with Gasteiger partial charge in [0.15, 0.2) is 10.6 Å². The van der Waals surface area contributed by atoms with Gasteiger partial charge in [0.05, 0.1) is 19.4 Å². The molecule has 0 bridgehead atoms. The molecule has 0 saturated carbocycles. The molecule has 118 valence electrons. The Balaban J connectivity index is 1.88. The first-order valence-corrected chi connectivity index (χ1v) is 8.00. The van der Waals surface area contributed by atoms with E-state index in [1.807, 2.05) is 16.3 Å². The SMILES string of the molecule is Cc1cccc(-c2nn(CN3CCOC(C)C3)c(=S)n2C)c1. The van der Waals surface area contributed by atoms with E-state index in [-0.39, 0.29) is 6.10 Å². The van der Waals surface area contributed by atoms with Crippen LogP contribution in [0.1, 0.15) is 12.5 Å². The summed E-state index contributed by atoms with van der Waals surface area (Å²) in [6.45, 7) is 7.51. The van der Waals surface area contributed by atoms with Gasteiger partial charge in [-0.25, -0.2) is 4.68 Å². The molecule has 1 saturated heterocycles. The number of nitrogens with zero attached hydrogens (tertiary/aromatic N) is 4. The normalized spacial score (nSPS) is 19.5. The van der Waals surface area contributed by atoms with Crippen LogP contribution in [0, 0.1) is 11.7 Å². The lowest BCUT2D eigenvalue weighted by Gasteiger charge is -2.30. The van der Waals surface area contributed by atoms with Crippen LogP contribution >= 0.6 is 12.2 Å². The summed E-state index contributed by atoms with van der Waals surface area (Å²) in [5, 5.41) is 4.73. The van der Waals surface area contributed by atoms with Gasteiger partial charge in [-0.05, 0) is 32.1 Å². The minimum absolute atomic E-state index is 0.267. The van der Waals surface area contributed by atoms with Crippen molar-refractivity contribution >= 4 is 12.2 Å². The molecule has 1 aromatic carbocycles. The molecule has 2 heterocycles. The van der Waals surface area contributed by atoms with Crippen LogP contribution in [-0.4, -0.2) is 45.0 Å². The number of aryl methyl sites for hydroxylation is 1. The zero-order chi connectivity index (χ0) is 15.7. The Kier molecular flexibility index (Phi) is 4.42. The van der Waals surface area contributed by atoms with Gasteiger partial charge in [0.2, 0.25) is 0 Å². The van der Waals surface area contributed by atoms with Crippen LogP contribution in [0.15, 0.2) is 24.3 Å². The fraction of sp³-hybridized carbons (Fsp3) is 0.500. The second kappa shape index (κ2) is 6.32. The number of aromatic nitrogens is 3. The first-order chi connectivity index (χ1) is 10.5. The van der Waals surface area contributed by atoms with Gasteiger partial charge >= 0.3 is 0 Å². The molecule has 6 heteroatoms. The Hall–Kier alpha value is -1.50. The van der Waals surface area contributed by atoms with Crippen LogP contribution in [-0.2, 0) is 18.5 Å². The highest BCUT2D eigenvalue weighted by atomic mass is 32.1. The van der Waals surface area contributed by atoms with E-state index in [2.05, 4.69) is 43.0 Å². The largest absolute Gasteiger partial charge is 0.376 e. The second-order valence-electron chi connectivity index (χ2n) is 5.93. The molecule has 0 aliphatic carbocycles. The zero-order valence-electron chi connectivity index (χ0n) is 13.3. The first kappa shape index (κ1) is 15.4. The Labute approximate surface area is 136 Å². The molecule has 0 N–H and O–H groups in total. The molecule has 0 radical (unpaired) electrons. The Morgan fingerprint density at radius 3 is 2.95 bits per heavy atom. The van der Waals surface area contributed by atoms with E-state index in [9.17, 15) is 0 Å². The van der Waals surface area contributed by atoms with Crippen molar-refractivity contribution in [1.29, 1.82) is 0 Å². The van der Waals surface area contributed by atoms with Crippen molar-refractivity contribution < 1.29 is 4.74 Å². The lowest BCUT2D eigenvalue weighted by Crippen LogP contribution is -2.42. The molecule has 2 aromatic rings. The zero-order valence-corrected chi connectivity index (χ0v) is 14.1. The summed E-state index contributed by atoms with van der Waals surface area (Å²) in [7, 11) is 1.98. The van der Waals surface area contributed by atoms with E-state index in [4.69, 9.17) is 22.1 Å². The molecule has 1 fully saturated rings. The van der Waals surface area contributed by atoms with Crippen molar-refractivity contribution in [1.82, 2.24) is 19.2 Å². The van der Waals surface area contributed by atoms with Gasteiger partial charge in [-0.2, -0.15) is 5.10 Å². The number of morpholine rings is 1. The van der Waals surface area contributed by atoms with Crippen LogP contribution in [0.3, 0.4) is 0 Å². The number of ether oxygens (including phenoxy) is 1. The van der Waals surface area contributed by atoms with Crippen LogP contribution in [0.5, 0.6) is 0 Å². The number of hydrogen-bond acceptors (Lipinski definition) is 4. The molecule has 5 nitrogen and oxygen atoms in total. The van der Waals surface area contributed by atoms with Gasteiger partial charge in [0.1, 0.15) is 0 Å². The molecule has 1 aliphatic rings. The predicted octanol–water partition coefficient (Wildman–Crippen LogP) is 2.60. The molecule has 1 aliphatic heterocycles. The van der Waals surface area contributed by atoms with Gasteiger partial charge in [0.25, 0.3) is 0 Å². The minimum Gasteiger partial charge on any atom is -0.376 e. The monoisotopic (exact) mass is 318 g/mol. The molecule has 1 unspecified atom stereocenters. The maximum atomic E-state index is 5.58. The van der Waals surface area contributed by atoms with Gasteiger partial charge < -0.3 is 9.30 Å². The van der Waals surface area contributed by atoms with Crippen LogP contribution in [0.2, 0.25) is 0 Å². The van der Waals surface area contributed by atoms with Crippen molar-refractivity contribution in [3.8, 4) is 11.4 Å². The first-order valence-electron chi connectivity index (χ1n) is 7.59. The average molecular weight is 318 g/mol. The molecule has 0 spiro atoms. The smallest absolute Gasteiger partial charge is 0.199 e. The Morgan fingerprint density at radius 1 is 1.41 bits per heavy atom. The third-order valence-electron chi connectivity index (χ3n) is 3.98. The third kappa shape index (κ3) is 3.14. The number of benzene rings is 1. The van der Waals surface area contributed by atoms with E-state index in [1.165, 1.54) is 5.56 Å². The average Bonchev–Trinajstić information content (AvgIpc) is 2.76. The van der Waals surface area contributed by atoms with E-state index in [1.54, 1.807) is 0 Å². The Morgan fingerprint density at radius 2 is 2.23 bits per heavy atom. The molecule has 3 rings (SSSR count). The van der Waals surface area contributed by atoms with Crippen molar-refractivity contribution in [2.75, 3.05) is 19.7 Å². The van der Waals surface area contributed by atoms with Crippen LogP contribution in [0.4, 0.5) is 0 Å². The second-order valence-corrected chi connectivity index (χ2v) is 6.30. The standard InChI is InChI=1S/C16H22N4OS/c1-12-5-4-6-14(9-12)15-17-20(16(22)18(15)3)11-19-7-8-21-13(2)10-19/h4-6,9,13H,7-8,10-11H2,1-3H3. The molecule has 0 amide bonds. The Bertz CT molecular complexity index is 721. The summed E-state index contributed by atoms with van der Waals surface area (Å²) in [5.41, 5.74) is 2.32. The molecular weight excluding hydrogens is 296 g/mol. The maximum absolute atomic E-state index is 5.58. The maximum Gasteiger partial charge on any atom is 0.199 e. The molecule has 22 heavy (non-hydrogen) atoms. The minimum atomic E-state index is 0.267. The van der Waals surface area contributed by atoms with E-state index < -0.39 is 0 Å². The van der Waals surface area contributed by atoms with Crippen molar-refractivity contribution in [3.63, 3.8) is 0 Å². The highest BCUT2D eigenvalue weighted by Gasteiger charge is 2.18. The van der Waals surface area contributed by atoms with E-state index in [0.29, 0.717) is 6.67 Å². The summed E-state index contributed by atoms with van der Waals surface area (Å²) in [6.07, 6.45) is 0.267. The van der Waals surface area contributed by atoms with Crippen molar-refractivity contribution in [3.05, 3.63) is 34.6 Å². The third-order valence-corrected chi connectivity index (χ3v) is 4.46. The molecular formula is C16H22N4OS. The highest BCUT2D eigenvalue weighted by molar-refractivity contribution is 7.71. The quantitative estimate of drug-likeness (QED) is 0.815. The predicted molar refractivity (Wildman–Crippen MR) is 89.2 cm³/mol. The summed E-state index contributed by atoms with van der Waals surface area (Å²) >= 11 is 5.55. The van der Waals surface area contributed by atoms with Gasteiger partial charge in [-0.1, -0.05) is 23.8 Å². The summed E-state index contributed by atoms with van der Waals surface area (Å²) in [4.78, 5) is 2.33. The fourth-order valence-electron chi connectivity index (χ4n) is 2.82. The molecule has 1 aromatic heterocycles. The van der Waals surface area contributed by atoms with E-state index >= 15 is 0 Å². The van der Waals surface area contributed by atoms with Gasteiger partial charge in [-0.15, -0.1) is 0 Å². The highest BCUT2D eigenvalue weighted by Crippen LogP contribution is 2.19. The summed E-state index contributed by atoms with van der Waals surface area (Å²) in [5.74, 6) is 0.912. The van der Waals surface area contributed by atoms with Gasteiger partial charge in [-0.3, -0.25) is 4.90 Å². The van der Waals surface area contributed by atoms with Crippen LogP contribution < -0.4 is 0 Å². The summed E-state index contributed by atoms with van der Waals surface area (Å²) in [6, 6.07) is 8.35. The lowest BCUT2D eigenvalue weighted by molar-refractivity contribution is -0.0307. The number of rotatable bonds is 3. The fourth-order valence-corrected chi connectivity index (χ4v) is 3.01. The summed E-state index contributed by atoms with van der Waals surface area (Å²) < 4.78 is 10.2. The van der Waals surface area contributed by atoms with Gasteiger partial charge in [0, 0.05) is 25.7 Å². The van der Waals surface area contributed by atoms with E-state index in [0.717, 1.165) is 35.9 Å². The molecule has 1 atom stereocenters. The van der Waals surface area contributed by atoms with Crippen molar-refractivity contribution in [2.45, 2.75) is 26.6 Å². The topological polar surface area (TPSA) is 35.2 Å². The number of hydrogen-bond donors (Lipinski definition) is 0. The lowest BCUT2D eigenvalue weighted by atomic mass is 10.1.